The van der Waals surface area contributed by atoms with Gasteiger partial charge in [-0.1, -0.05) is 36.4 Å². The van der Waals surface area contributed by atoms with Crippen LogP contribution in [0.2, 0.25) is 0 Å². The number of anilines is 1. The number of nitrogens with one attached hydrogen (secondary N) is 2. The number of thiocarbonyl (C=S) groups is 1. The minimum Gasteiger partial charge on any atom is -0.494 e. The van der Waals surface area contributed by atoms with Gasteiger partial charge in [-0.25, -0.2) is 0 Å². The van der Waals surface area contributed by atoms with Gasteiger partial charge in [0.15, 0.2) is 5.11 Å². The number of ether oxygens (including phenoxy) is 2. The third kappa shape index (κ3) is 7.08. The predicted molar refractivity (Wildman–Crippen MR) is 131 cm³/mol. The second kappa shape index (κ2) is 11.5. The van der Waals surface area contributed by atoms with E-state index < -0.39 is 0 Å². The molecular weight excluding hydrogens is 476 g/mol. The molecule has 0 radical (unpaired) electrons. The van der Waals surface area contributed by atoms with Gasteiger partial charge in [-0.15, -0.1) is 0 Å². The number of hydrogen-bond donors (Lipinski definition) is 2. The summed E-state index contributed by atoms with van der Waals surface area (Å²) in [5.41, 5.74) is 2.41. The highest BCUT2D eigenvalue weighted by molar-refractivity contribution is 9.10. The summed E-state index contributed by atoms with van der Waals surface area (Å²) < 4.78 is 12.0. The Bertz CT molecular complexity index is 1040. The van der Waals surface area contributed by atoms with Crippen molar-refractivity contribution < 1.29 is 14.3 Å². The Morgan fingerprint density at radius 1 is 1.00 bits per heavy atom. The van der Waals surface area contributed by atoms with Crippen LogP contribution in [-0.4, -0.2) is 24.2 Å². The molecule has 31 heavy (non-hydrogen) atoms. The average molecular weight is 499 g/mol. The van der Waals surface area contributed by atoms with Crippen molar-refractivity contribution in [1.29, 1.82) is 0 Å². The molecule has 0 aromatic heterocycles. The lowest BCUT2D eigenvalue weighted by Crippen LogP contribution is -2.34. The summed E-state index contributed by atoms with van der Waals surface area (Å²) in [6.45, 7) is 3.04. The van der Waals surface area contributed by atoms with Crippen LogP contribution in [0.1, 0.15) is 22.8 Å². The maximum absolute atomic E-state index is 12.6. The normalized spacial score (nSPS) is 10.3. The zero-order valence-corrected chi connectivity index (χ0v) is 19.5. The Labute approximate surface area is 195 Å². The summed E-state index contributed by atoms with van der Waals surface area (Å²) in [5, 5.41) is 5.89. The molecule has 0 bridgehead atoms. The third-order valence-electron chi connectivity index (χ3n) is 4.32. The highest BCUT2D eigenvalue weighted by Gasteiger charge is 2.11. The maximum atomic E-state index is 12.6. The SMILES string of the molecule is CCOc1cccc(NC(=S)NC(=O)c2ccc(OCCc3ccccc3)c(Br)c2)c1. The number of hydrogen-bond acceptors (Lipinski definition) is 4. The maximum Gasteiger partial charge on any atom is 0.257 e. The minimum absolute atomic E-state index is 0.206. The van der Waals surface area contributed by atoms with Crippen LogP contribution in [0.4, 0.5) is 5.69 Å². The van der Waals surface area contributed by atoms with Crippen molar-refractivity contribution in [2.24, 2.45) is 0 Å². The molecule has 0 saturated carbocycles. The fourth-order valence-corrected chi connectivity index (χ4v) is 3.55. The van der Waals surface area contributed by atoms with Crippen LogP contribution in [-0.2, 0) is 6.42 Å². The molecule has 0 aliphatic carbocycles. The molecule has 0 fully saturated rings. The number of amides is 1. The van der Waals surface area contributed by atoms with Gasteiger partial charge in [-0.2, -0.15) is 0 Å². The van der Waals surface area contributed by atoms with Gasteiger partial charge in [-0.05, 0) is 71.0 Å². The molecule has 2 N–H and O–H groups in total. The molecule has 3 aromatic rings. The zero-order valence-electron chi connectivity index (χ0n) is 17.1. The van der Waals surface area contributed by atoms with Crippen molar-refractivity contribution in [1.82, 2.24) is 5.32 Å². The van der Waals surface area contributed by atoms with Crippen molar-refractivity contribution in [3.8, 4) is 11.5 Å². The van der Waals surface area contributed by atoms with Crippen LogP contribution < -0.4 is 20.1 Å². The Morgan fingerprint density at radius 3 is 2.55 bits per heavy atom. The van der Waals surface area contributed by atoms with Gasteiger partial charge >= 0.3 is 0 Å². The van der Waals surface area contributed by atoms with Gasteiger partial charge in [0.1, 0.15) is 11.5 Å². The minimum atomic E-state index is -0.310. The number of benzene rings is 3. The monoisotopic (exact) mass is 498 g/mol. The first-order valence-corrected chi connectivity index (χ1v) is 11.1. The van der Waals surface area contributed by atoms with E-state index in [1.54, 1.807) is 18.2 Å². The van der Waals surface area contributed by atoms with Crippen molar-refractivity contribution in [2.75, 3.05) is 18.5 Å². The standard InChI is InChI=1S/C24H23BrN2O3S/c1-2-29-20-10-6-9-19(16-20)26-24(31)27-23(28)18-11-12-22(21(25)15-18)30-14-13-17-7-4-3-5-8-17/h3-12,15-16H,2,13-14H2,1H3,(H2,26,27,28,31). The quantitative estimate of drug-likeness (QED) is 0.396. The second-order valence-electron chi connectivity index (χ2n) is 6.60. The lowest BCUT2D eigenvalue weighted by Gasteiger charge is -2.12. The summed E-state index contributed by atoms with van der Waals surface area (Å²) in [6, 6.07) is 22.7. The first-order chi connectivity index (χ1) is 15.0. The number of carbonyl (C=O) groups excluding carboxylic acids is 1. The zero-order chi connectivity index (χ0) is 22.1. The molecule has 0 spiro atoms. The summed E-state index contributed by atoms with van der Waals surface area (Å²) in [6.07, 6.45) is 0.806. The fraction of sp³-hybridized carbons (Fsp3) is 0.167. The highest BCUT2D eigenvalue weighted by atomic mass is 79.9. The Kier molecular flexibility index (Phi) is 8.44. The van der Waals surface area contributed by atoms with Gasteiger partial charge in [0.2, 0.25) is 0 Å². The number of halogens is 1. The molecule has 7 heteroatoms. The largest absolute Gasteiger partial charge is 0.494 e. The van der Waals surface area contributed by atoms with Crippen molar-refractivity contribution in [2.45, 2.75) is 13.3 Å². The van der Waals surface area contributed by atoms with E-state index in [2.05, 4.69) is 38.7 Å². The molecule has 0 heterocycles. The summed E-state index contributed by atoms with van der Waals surface area (Å²) in [4.78, 5) is 12.6. The topological polar surface area (TPSA) is 59.6 Å². The lowest BCUT2D eigenvalue weighted by molar-refractivity contribution is 0.0977. The number of rotatable bonds is 8. The summed E-state index contributed by atoms with van der Waals surface area (Å²) in [5.74, 6) is 1.10. The van der Waals surface area contributed by atoms with Gasteiger partial charge < -0.3 is 14.8 Å². The van der Waals surface area contributed by atoms with E-state index in [1.807, 2.05) is 49.4 Å². The molecule has 5 nitrogen and oxygen atoms in total. The lowest BCUT2D eigenvalue weighted by atomic mass is 10.2. The third-order valence-corrected chi connectivity index (χ3v) is 5.14. The van der Waals surface area contributed by atoms with Crippen LogP contribution in [0.15, 0.2) is 77.3 Å². The average Bonchev–Trinajstić information content (AvgIpc) is 2.76. The van der Waals surface area contributed by atoms with Gasteiger partial charge in [-0.3, -0.25) is 10.1 Å². The molecule has 0 saturated heterocycles. The van der Waals surface area contributed by atoms with E-state index in [0.29, 0.717) is 29.0 Å². The van der Waals surface area contributed by atoms with E-state index in [0.717, 1.165) is 17.9 Å². The molecule has 0 atom stereocenters. The van der Waals surface area contributed by atoms with E-state index in [-0.39, 0.29) is 11.0 Å². The van der Waals surface area contributed by atoms with Gasteiger partial charge in [0.25, 0.3) is 5.91 Å². The molecule has 1 amide bonds. The van der Waals surface area contributed by atoms with Crippen LogP contribution >= 0.6 is 28.1 Å². The first-order valence-electron chi connectivity index (χ1n) is 9.86. The highest BCUT2D eigenvalue weighted by Crippen LogP contribution is 2.26. The molecule has 3 aromatic carbocycles. The predicted octanol–water partition coefficient (Wildman–Crippen LogP) is 5.60. The number of carbonyl (C=O) groups is 1. The Hall–Kier alpha value is -2.90. The van der Waals surface area contributed by atoms with Crippen LogP contribution in [0, 0.1) is 0 Å². The van der Waals surface area contributed by atoms with Crippen molar-refractivity contribution >= 4 is 44.9 Å². The second-order valence-corrected chi connectivity index (χ2v) is 7.86. The summed E-state index contributed by atoms with van der Waals surface area (Å²) in [7, 11) is 0. The smallest absolute Gasteiger partial charge is 0.257 e. The van der Waals surface area contributed by atoms with E-state index in [1.165, 1.54) is 5.56 Å². The molecule has 160 valence electrons. The molecule has 0 aliphatic heterocycles. The molecule has 3 rings (SSSR count). The van der Waals surface area contributed by atoms with Crippen LogP contribution in [0.5, 0.6) is 11.5 Å². The van der Waals surface area contributed by atoms with Crippen LogP contribution in [0.3, 0.4) is 0 Å². The first kappa shape index (κ1) is 22.8. The summed E-state index contributed by atoms with van der Waals surface area (Å²) >= 11 is 8.74. The Balaban J connectivity index is 1.53. The molecule has 0 unspecified atom stereocenters. The Morgan fingerprint density at radius 2 is 1.81 bits per heavy atom. The molecule has 0 aliphatic rings. The van der Waals surface area contributed by atoms with Crippen molar-refractivity contribution in [3.63, 3.8) is 0 Å². The van der Waals surface area contributed by atoms with Crippen molar-refractivity contribution in [3.05, 3.63) is 88.4 Å². The van der Waals surface area contributed by atoms with Gasteiger partial charge in [0.05, 0.1) is 17.7 Å². The van der Waals surface area contributed by atoms with E-state index in [4.69, 9.17) is 21.7 Å². The van der Waals surface area contributed by atoms with E-state index >= 15 is 0 Å². The fourth-order valence-electron chi connectivity index (χ4n) is 2.85. The van der Waals surface area contributed by atoms with Gasteiger partial charge in [0, 0.05) is 23.7 Å². The van der Waals surface area contributed by atoms with E-state index in [9.17, 15) is 4.79 Å². The molecular formula is C24H23BrN2O3S. The van der Waals surface area contributed by atoms with Crippen LogP contribution in [0.25, 0.3) is 0 Å².